The van der Waals surface area contributed by atoms with Gasteiger partial charge in [-0.25, -0.2) is 0 Å². The zero-order chi connectivity index (χ0) is 11.3. The van der Waals surface area contributed by atoms with Gasteiger partial charge in [0.25, 0.3) is 0 Å². The van der Waals surface area contributed by atoms with Crippen LogP contribution in [-0.4, -0.2) is 43.5 Å². The third-order valence-corrected chi connectivity index (χ3v) is 2.81. The molecule has 0 bridgehead atoms. The predicted octanol–water partition coefficient (Wildman–Crippen LogP) is -0.336. The number of hydrogen-bond donors (Lipinski definition) is 2. The van der Waals surface area contributed by atoms with Gasteiger partial charge in [0.1, 0.15) is 6.04 Å². The smallest absolute Gasteiger partial charge is 0.322 e. The van der Waals surface area contributed by atoms with Crippen LogP contribution in [-0.2, 0) is 14.3 Å². The Kier molecular flexibility index (Phi) is 5.01. The molecule has 1 aliphatic heterocycles. The van der Waals surface area contributed by atoms with Gasteiger partial charge in [0, 0.05) is 13.2 Å². The van der Waals surface area contributed by atoms with Crippen molar-refractivity contribution in [3.63, 3.8) is 0 Å². The molecular weight excluding hydrogens is 198 g/mol. The Morgan fingerprint density at radius 2 is 2.20 bits per heavy atom. The van der Waals surface area contributed by atoms with Crippen molar-refractivity contribution in [1.82, 2.24) is 0 Å². The molecule has 15 heavy (non-hydrogen) atoms. The zero-order valence-corrected chi connectivity index (χ0v) is 9.02. The van der Waals surface area contributed by atoms with Gasteiger partial charge in [-0.1, -0.05) is 0 Å². The van der Waals surface area contributed by atoms with Crippen molar-refractivity contribution in [3.05, 3.63) is 0 Å². The lowest BCUT2D eigenvalue weighted by Crippen LogP contribution is -2.38. The van der Waals surface area contributed by atoms with E-state index in [9.17, 15) is 9.90 Å². The average Bonchev–Trinajstić information content (AvgIpc) is 2.29. The van der Waals surface area contributed by atoms with Crippen LogP contribution < -0.4 is 5.73 Å². The Morgan fingerprint density at radius 1 is 1.60 bits per heavy atom. The molecule has 1 saturated heterocycles. The second-order valence-electron chi connectivity index (χ2n) is 3.88. The number of hydrogen-bond acceptors (Lipinski definition) is 5. The molecule has 0 aromatic heterocycles. The Bertz CT molecular complexity index is 204. The Balaban J connectivity index is 2.33. The minimum atomic E-state index is -0.729. The van der Waals surface area contributed by atoms with E-state index in [1.54, 1.807) is 0 Å². The molecule has 0 spiro atoms. The van der Waals surface area contributed by atoms with Crippen LogP contribution in [0.15, 0.2) is 0 Å². The Morgan fingerprint density at radius 3 is 2.73 bits per heavy atom. The van der Waals surface area contributed by atoms with E-state index in [2.05, 4.69) is 4.74 Å². The van der Waals surface area contributed by atoms with Gasteiger partial charge in [-0.15, -0.1) is 0 Å². The predicted molar refractivity (Wildman–Crippen MR) is 54.2 cm³/mol. The molecule has 2 atom stereocenters. The first kappa shape index (κ1) is 12.4. The fourth-order valence-corrected chi connectivity index (χ4v) is 1.80. The maximum Gasteiger partial charge on any atom is 0.322 e. The number of aliphatic hydroxyl groups is 1. The summed E-state index contributed by atoms with van der Waals surface area (Å²) < 4.78 is 9.69. The summed E-state index contributed by atoms with van der Waals surface area (Å²) in [5, 5.41) is 9.85. The fourth-order valence-electron chi connectivity index (χ4n) is 1.80. The first-order valence-electron chi connectivity index (χ1n) is 5.24. The minimum absolute atomic E-state index is 0.189. The van der Waals surface area contributed by atoms with Crippen LogP contribution >= 0.6 is 0 Å². The van der Waals surface area contributed by atoms with Gasteiger partial charge in [-0.3, -0.25) is 4.79 Å². The van der Waals surface area contributed by atoms with Crippen LogP contribution in [0.1, 0.15) is 19.3 Å². The molecule has 88 valence electrons. The highest BCUT2D eigenvalue weighted by atomic mass is 16.5. The summed E-state index contributed by atoms with van der Waals surface area (Å²) in [5.41, 5.74) is 5.57. The van der Waals surface area contributed by atoms with E-state index >= 15 is 0 Å². The van der Waals surface area contributed by atoms with Crippen LogP contribution in [0.3, 0.4) is 0 Å². The molecule has 2 unspecified atom stereocenters. The molecule has 0 aliphatic carbocycles. The molecule has 1 rings (SSSR count). The summed E-state index contributed by atoms with van der Waals surface area (Å²) >= 11 is 0. The summed E-state index contributed by atoms with van der Waals surface area (Å²) in [6.07, 6.45) is 1.38. The summed E-state index contributed by atoms with van der Waals surface area (Å²) in [7, 11) is 1.29. The molecule has 0 saturated carbocycles. The highest BCUT2D eigenvalue weighted by molar-refractivity contribution is 5.75. The maximum absolute atomic E-state index is 11.0. The standard InChI is InChI=1S/C10H19NO4/c1-14-10(13)8(11)6-9(12)7-2-4-15-5-3-7/h7-9,12H,2-6,11H2,1H3. The molecule has 0 aromatic carbocycles. The molecule has 1 fully saturated rings. The van der Waals surface area contributed by atoms with Crippen molar-refractivity contribution < 1.29 is 19.4 Å². The van der Waals surface area contributed by atoms with Gasteiger partial charge in [-0.05, 0) is 25.2 Å². The molecule has 1 heterocycles. The number of ether oxygens (including phenoxy) is 2. The topological polar surface area (TPSA) is 81.8 Å². The maximum atomic E-state index is 11.0. The van der Waals surface area contributed by atoms with E-state index in [0.29, 0.717) is 13.2 Å². The SMILES string of the molecule is COC(=O)C(N)CC(O)C1CCOCC1. The molecule has 3 N–H and O–H groups in total. The first-order chi connectivity index (χ1) is 7.15. The van der Waals surface area contributed by atoms with Crippen molar-refractivity contribution in [2.24, 2.45) is 11.7 Å². The van der Waals surface area contributed by atoms with E-state index in [4.69, 9.17) is 10.5 Å². The highest BCUT2D eigenvalue weighted by Gasteiger charge is 2.26. The van der Waals surface area contributed by atoms with E-state index in [-0.39, 0.29) is 12.3 Å². The number of carbonyl (C=O) groups excluding carboxylic acids is 1. The number of carbonyl (C=O) groups is 1. The van der Waals surface area contributed by atoms with Gasteiger partial charge >= 0.3 is 5.97 Å². The average molecular weight is 217 g/mol. The molecule has 1 aliphatic rings. The zero-order valence-electron chi connectivity index (χ0n) is 9.02. The van der Waals surface area contributed by atoms with Crippen LogP contribution in [0.25, 0.3) is 0 Å². The number of nitrogens with two attached hydrogens (primary N) is 1. The Labute approximate surface area is 89.5 Å². The van der Waals surface area contributed by atoms with Crippen molar-refractivity contribution in [2.75, 3.05) is 20.3 Å². The van der Waals surface area contributed by atoms with E-state index in [1.807, 2.05) is 0 Å². The molecule has 5 heteroatoms. The van der Waals surface area contributed by atoms with Gasteiger partial charge in [0.05, 0.1) is 13.2 Å². The summed E-state index contributed by atoms with van der Waals surface area (Å²) in [6.45, 7) is 1.35. The van der Waals surface area contributed by atoms with Crippen molar-refractivity contribution in [2.45, 2.75) is 31.4 Å². The number of methoxy groups -OCH3 is 1. The van der Waals surface area contributed by atoms with Crippen LogP contribution in [0.2, 0.25) is 0 Å². The lowest BCUT2D eigenvalue weighted by atomic mass is 9.90. The quantitative estimate of drug-likeness (QED) is 0.630. The number of aliphatic hydroxyl groups excluding tert-OH is 1. The minimum Gasteiger partial charge on any atom is -0.468 e. The lowest BCUT2D eigenvalue weighted by molar-refractivity contribution is -0.143. The Hall–Kier alpha value is -0.650. The monoisotopic (exact) mass is 217 g/mol. The third kappa shape index (κ3) is 3.77. The second-order valence-corrected chi connectivity index (χ2v) is 3.88. The van der Waals surface area contributed by atoms with Crippen molar-refractivity contribution in [3.8, 4) is 0 Å². The van der Waals surface area contributed by atoms with Gasteiger partial charge in [-0.2, -0.15) is 0 Å². The fraction of sp³-hybridized carbons (Fsp3) is 0.900. The van der Waals surface area contributed by atoms with E-state index in [1.165, 1.54) is 7.11 Å². The van der Waals surface area contributed by atoms with Crippen molar-refractivity contribution >= 4 is 5.97 Å². The largest absolute Gasteiger partial charge is 0.468 e. The van der Waals surface area contributed by atoms with Gasteiger partial charge < -0.3 is 20.3 Å². The van der Waals surface area contributed by atoms with Crippen LogP contribution in [0.5, 0.6) is 0 Å². The van der Waals surface area contributed by atoms with Crippen LogP contribution in [0.4, 0.5) is 0 Å². The van der Waals surface area contributed by atoms with Gasteiger partial charge in [0.15, 0.2) is 0 Å². The summed E-state index contributed by atoms with van der Waals surface area (Å²) in [5.74, 6) is -0.282. The van der Waals surface area contributed by atoms with E-state index < -0.39 is 18.1 Å². The highest BCUT2D eigenvalue weighted by Crippen LogP contribution is 2.21. The number of rotatable bonds is 4. The summed E-state index contributed by atoms with van der Waals surface area (Å²) in [4.78, 5) is 11.0. The van der Waals surface area contributed by atoms with E-state index in [0.717, 1.165) is 12.8 Å². The molecule has 0 radical (unpaired) electrons. The second kappa shape index (κ2) is 6.05. The van der Waals surface area contributed by atoms with Gasteiger partial charge in [0.2, 0.25) is 0 Å². The molecule has 0 aromatic rings. The third-order valence-electron chi connectivity index (χ3n) is 2.81. The molecule has 0 amide bonds. The first-order valence-corrected chi connectivity index (χ1v) is 5.24. The van der Waals surface area contributed by atoms with Crippen molar-refractivity contribution in [1.29, 1.82) is 0 Å². The lowest BCUT2D eigenvalue weighted by Gasteiger charge is -2.27. The summed E-state index contributed by atoms with van der Waals surface area (Å²) in [6, 6.07) is -0.729. The molecular formula is C10H19NO4. The normalized spacial score (nSPS) is 22.1. The molecule has 5 nitrogen and oxygen atoms in total. The number of esters is 1. The van der Waals surface area contributed by atoms with Crippen LogP contribution in [0, 0.1) is 5.92 Å².